The van der Waals surface area contributed by atoms with E-state index < -0.39 is 11.6 Å². The minimum atomic E-state index is -0.539. The first kappa shape index (κ1) is 20.5. The van der Waals surface area contributed by atoms with Crippen molar-refractivity contribution in [2.45, 2.75) is 13.0 Å². The van der Waals surface area contributed by atoms with Gasteiger partial charge in [0.1, 0.15) is 23.1 Å². The second kappa shape index (κ2) is 9.75. The van der Waals surface area contributed by atoms with Crippen LogP contribution in [-0.2, 0) is 13.0 Å². The molecule has 0 aliphatic carbocycles. The molecule has 0 saturated heterocycles. The Morgan fingerprint density at radius 3 is 2.41 bits per heavy atom. The van der Waals surface area contributed by atoms with Crippen molar-refractivity contribution in [3.63, 3.8) is 0 Å². The van der Waals surface area contributed by atoms with E-state index in [1.54, 1.807) is 21.3 Å². The minimum Gasteiger partial charge on any atom is -0.497 e. The maximum Gasteiger partial charge on any atom is 0.193 e. The molecule has 0 saturated carbocycles. The van der Waals surface area contributed by atoms with E-state index in [0.29, 0.717) is 30.5 Å². The number of halogens is 2. The van der Waals surface area contributed by atoms with E-state index in [4.69, 9.17) is 9.47 Å². The van der Waals surface area contributed by atoms with Crippen molar-refractivity contribution in [3.05, 3.63) is 59.2 Å². The van der Waals surface area contributed by atoms with Crippen molar-refractivity contribution in [2.24, 2.45) is 4.99 Å². The molecule has 0 heterocycles. The number of nitrogens with one attached hydrogen (secondary N) is 1. The van der Waals surface area contributed by atoms with E-state index in [0.717, 1.165) is 5.56 Å². The van der Waals surface area contributed by atoms with Gasteiger partial charge in [-0.1, -0.05) is 6.07 Å². The van der Waals surface area contributed by atoms with Crippen LogP contribution >= 0.6 is 0 Å². The van der Waals surface area contributed by atoms with Gasteiger partial charge in [0.05, 0.1) is 14.2 Å². The summed E-state index contributed by atoms with van der Waals surface area (Å²) in [7, 11) is 6.75. The Balaban J connectivity index is 1.99. The molecule has 0 spiro atoms. The molecule has 146 valence electrons. The topological polar surface area (TPSA) is 46.1 Å². The van der Waals surface area contributed by atoms with Crippen LogP contribution in [0.4, 0.5) is 8.78 Å². The number of benzene rings is 2. The highest BCUT2D eigenvalue weighted by atomic mass is 19.1. The minimum absolute atomic E-state index is 0.0694. The highest BCUT2D eigenvalue weighted by Gasteiger charge is 2.12. The lowest BCUT2D eigenvalue weighted by molar-refractivity contribution is 0.382. The first-order valence-corrected chi connectivity index (χ1v) is 8.55. The van der Waals surface area contributed by atoms with Crippen LogP contribution in [0.3, 0.4) is 0 Å². The van der Waals surface area contributed by atoms with Gasteiger partial charge >= 0.3 is 0 Å². The largest absolute Gasteiger partial charge is 0.497 e. The van der Waals surface area contributed by atoms with Crippen LogP contribution < -0.4 is 14.8 Å². The maximum atomic E-state index is 13.7. The van der Waals surface area contributed by atoms with Gasteiger partial charge in [0.15, 0.2) is 5.96 Å². The Labute approximate surface area is 158 Å². The number of guanidine groups is 1. The third-order valence-electron chi connectivity index (χ3n) is 4.19. The molecule has 0 unspecified atom stereocenters. The molecule has 0 atom stereocenters. The molecule has 2 aromatic rings. The van der Waals surface area contributed by atoms with Crippen LogP contribution in [0.15, 0.2) is 41.4 Å². The number of methoxy groups -OCH3 is 2. The zero-order valence-corrected chi connectivity index (χ0v) is 16.1. The van der Waals surface area contributed by atoms with Crippen molar-refractivity contribution in [1.82, 2.24) is 10.2 Å². The van der Waals surface area contributed by atoms with Crippen LogP contribution in [-0.4, -0.2) is 45.7 Å². The van der Waals surface area contributed by atoms with Gasteiger partial charge in [-0.3, -0.25) is 4.99 Å². The molecule has 0 aromatic heterocycles. The quantitative estimate of drug-likeness (QED) is 0.594. The van der Waals surface area contributed by atoms with E-state index in [2.05, 4.69) is 10.3 Å². The Morgan fingerprint density at radius 1 is 1.11 bits per heavy atom. The van der Waals surface area contributed by atoms with Crippen molar-refractivity contribution >= 4 is 5.96 Å². The summed E-state index contributed by atoms with van der Waals surface area (Å²) in [4.78, 5) is 6.13. The SMILES string of the molecule is CN=C(NCCc1c(F)cccc1F)N(C)Cc1ccc(OC)cc1OC. The Hall–Kier alpha value is -2.83. The Kier molecular flexibility index (Phi) is 7.40. The molecule has 1 N–H and O–H groups in total. The molecule has 27 heavy (non-hydrogen) atoms. The van der Waals surface area contributed by atoms with Crippen molar-refractivity contribution < 1.29 is 18.3 Å². The van der Waals surface area contributed by atoms with Crippen molar-refractivity contribution in [2.75, 3.05) is 34.9 Å². The van der Waals surface area contributed by atoms with E-state index in [1.165, 1.54) is 18.2 Å². The van der Waals surface area contributed by atoms with Crippen molar-refractivity contribution in [1.29, 1.82) is 0 Å². The van der Waals surface area contributed by atoms with Gasteiger partial charge in [-0.2, -0.15) is 0 Å². The maximum absolute atomic E-state index is 13.7. The third-order valence-corrected chi connectivity index (χ3v) is 4.19. The van der Waals surface area contributed by atoms with Crippen LogP contribution in [0.25, 0.3) is 0 Å². The third kappa shape index (κ3) is 5.32. The molecular formula is C20H25F2N3O2. The lowest BCUT2D eigenvalue weighted by Gasteiger charge is -2.23. The lowest BCUT2D eigenvalue weighted by Crippen LogP contribution is -2.39. The van der Waals surface area contributed by atoms with Gasteiger partial charge < -0.3 is 19.7 Å². The van der Waals surface area contributed by atoms with Crippen molar-refractivity contribution in [3.8, 4) is 11.5 Å². The number of ether oxygens (including phenoxy) is 2. The molecule has 2 rings (SSSR count). The zero-order valence-electron chi connectivity index (χ0n) is 16.1. The van der Waals surface area contributed by atoms with E-state index in [-0.39, 0.29) is 12.0 Å². The van der Waals surface area contributed by atoms with Crippen LogP contribution in [0.1, 0.15) is 11.1 Å². The van der Waals surface area contributed by atoms with Gasteiger partial charge in [-0.25, -0.2) is 8.78 Å². The summed E-state index contributed by atoms with van der Waals surface area (Å²) in [5.41, 5.74) is 1.03. The average Bonchev–Trinajstić information content (AvgIpc) is 2.67. The van der Waals surface area contributed by atoms with Gasteiger partial charge in [-0.15, -0.1) is 0 Å². The van der Waals surface area contributed by atoms with Gasteiger partial charge in [0, 0.05) is 44.4 Å². The fourth-order valence-electron chi connectivity index (χ4n) is 2.77. The van der Waals surface area contributed by atoms with Crippen LogP contribution in [0.2, 0.25) is 0 Å². The first-order valence-electron chi connectivity index (χ1n) is 8.55. The number of hydrogen-bond acceptors (Lipinski definition) is 3. The molecule has 7 heteroatoms. The average molecular weight is 377 g/mol. The standard InChI is InChI=1S/C20H25F2N3O2/c1-23-20(24-11-10-16-17(21)6-5-7-18(16)22)25(2)13-14-8-9-15(26-3)12-19(14)27-4/h5-9,12H,10-11,13H2,1-4H3,(H,23,24). The number of rotatable bonds is 7. The number of nitrogens with zero attached hydrogens (tertiary/aromatic N) is 2. The molecule has 0 bridgehead atoms. The van der Waals surface area contributed by atoms with E-state index in [9.17, 15) is 8.78 Å². The normalized spacial score (nSPS) is 11.3. The van der Waals surface area contributed by atoms with Gasteiger partial charge in [0.2, 0.25) is 0 Å². The van der Waals surface area contributed by atoms with Crippen LogP contribution in [0, 0.1) is 11.6 Å². The summed E-state index contributed by atoms with van der Waals surface area (Å²) in [5.74, 6) is 0.966. The molecule has 0 aliphatic heterocycles. The summed E-state index contributed by atoms with van der Waals surface area (Å²) in [6.07, 6.45) is 0.219. The Morgan fingerprint density at radius 2 is 1.81 bits per heavy atom. The summed E-state index contributed by atoms with van der Waals surface area (Å²) in [5, 5.41) is 3.13. The second-order valence-corrected chi connectivity index (χ2v) is 5.96. The fourth-order valence-corrected chi connectivity index (χ4v) is 2.77. The first-order chi connectivity index (χ1) is 13.0. The van der Waals surface area contributed by atoms with E-state index >= 15 is 0 Å². The zero-order chi connectivity index (χ0) is 19.8. The smallest absolute Gasteiger partial charge is 0.193 e. The number of hydrogen-bond donors (Lipinski definition) is 1. The summed E-state index contributed by atoms with van der Waals surface area (Å²) in [6.45, 7) is 0.898. The predicted molar refractivity (Wildman–Crippen MR) is 102 cm³/mol. The van der Waals surface area contributed by atoms with Gasteiger partial charge in [0.25, 0.3) is 0 Å². The van der Waals surface area contributed by atoms with Crippen LogP contribution in [0.5, 0.6) is 11.5 Å². The monoisotopic (exact) mass is 377 g/mol. The molecule has 0 radical (unpaired) electrons. The summed E-state index contributed by atoms with van der Waals surface area (Å²) >= 11 is 0. The molecule has 0 amide bonds. The molecule has 0 fully saturated rings. The second-order valence-electron chi connectivity index (χ2n) is 5.96. The molecular weight excluding hydrogens is 352 g/mol. The predicted octanol–water partition coefficient (Wildman–Crippen LogP) is 3.23. The summed E-state index contributed by atoms with van der Waals surface area (Å²) in [6, 6.07) is 9.49. The summed E-state index contributed by atoms with van der Waals surface area (Å²) < 4.78 is 38.1. The molecule has 5 nitrogen and oxygen atoms in total. The highest BCUT2D eigenvalue weighted by molar-refractivity contribution is 5.79. The Bertz CT molecular complexity index is 777. The fraction of sp³-hybridized carbons (Fsp3) is 0.350. The molecule has 0 aliphatic rings. The lowest BCUT2D eigenvalue weighted by atomic mass is 10.1. The van der Waals surface area contributed by atoms with Gasteiger partial charge in [-0.05, 0) is 30.7 Å². The highest BCUT2D eigenvalue weighted by Crippen LogP contribution is 2.25. The van der Waals surface area contributed by atoms with E-state index in [1.807, 2.05) is 30.1 Å². The number of aliphatic imine (C=N–C) groups is 1. The molecule has 2 aromatic carbocycles.